The third-order valence-corrected chi connectivity index (χ3v) is 3.81. The van der Waals surface area contributed by atoms with Crippen molar-refractivity contribution in [3.63, 3.8) is 0 Å². The van der Waals surface area contributed by atoms with E-state index in [0.29, 0.717) is 13.2 Å². The van der Waals surface area contributed by atoms with E-state index in [1.54, 1.807) is 0 Å². The standard InChI is InChI=1S/C9H16O9S2/c1-19(10,11)17-6-5-16-8(9-14-3-4-15-9)7(6)18-20(2,12)13/h6-9H,3-5H2,1-2H3/t6-,7-,8-/m1/s1. The van der Waals surface area contributed by atoms with E-state index in [1.807, 2.05) is 0 Å². The highest BCUT2D eigenvalue weighted by Gasteiger charge is 2.48. The molecule has 0 spiro atoms. The summed E-state index contributed by atoms with van der Waals surface area (Å²) in [6.07, 6.45) is -2.19. The van der Waals surface area contributed by atoms with Crippen molar-refractivity contribution in [2.24, 2.45) is 0 Å². The van der Waals surface area contributed by atoms with Crippen LogP contribution in [0.25, 0.3) is 0 Å². The lowest BCUT2D eigenvalue weighted by molar-refractivity contribution is -0.145. The van der Waals surface area contributed by atoms with E-state index in [0.717, 1.165) is 12.5 Å². The van der Waals surface area contributed by atoms with E-state index >= 15 is 0 Å². The first-order valence-corrected chi connectivity index (χ1v) is 9.40. The van der Waals surface area contributed by atoms with Gasteiger partial charge in [-0.2, -0.15) is 16.8 Å². The van der Waals surface area contributed by atoms with Gasteiger partial charge in [0, 0.05) is 0 Å². The molecule has 2 fully saturated rings. The van der Waals surface area contributed by atoms with Crippen LogP contribution in [0.3, 0.4) is 0 Å². The van der Waals surface area contributed by atoms with Crippen molar-refractivity contribution in [3.8, 4) is 0 Å². The van der Waals surface area contributed by atoms with Crippen molar-refractivity contribution in [1.82, 2.24) is 0 Å². The van der Waals surface area contributed by atoms with Crippen LogP contribution in [-0.2, 0) is 42.8 Å². The fourth-order valence-electron chi connectivity index (χ4n) is 2.03. The molecule has 2 rings (SSSR count). The van der Waals surface area contributed by atoms with Crippen LogP contribution >= 0.6 is 0 Å². The summed E-state index contributed by atoms with van der Waals surface area (Å²) in [6, 6.07) is 0. The van der Waals surface area contributed by atoms with Crippen LogP contribution in [0.1, 0.15) is 0 Å². The van der Waals surface area contributed by atoms with E-state index in [1.165, 1.54) is 0 Å². The van der Waals surface area contributed by atoms with Gasteiger partial charge in [-0.05, 0) is 0 Å². The smallest absolute Gasteiger partial charge is 0.264 e. The molecule has 0 aromatic rings. The molecule has 0 amide bonds. The molecular weight excluding hydrogens is 316 g/mol. The average Bonchev–Trinajstić information content (AvgIpc) is 2.85. The van der Waals surface area contributed by atoms with Crippen molar-refractivity contribution in [2.75, 3.05) is 32.3 Å². The second-order valence-electron chi connectivity index (χ2n) is 4.51. The molecule has 20 heavy (non-hydrogen) atoms. The molecule has 11 heteroatoms. The summed E-state index contributed by atoms with van der Waals surface area (Å²) in [5.41, 5.74) is 0. The molecule has 0 aliphatic carbocycles. The van der Waals surface area contributed by atoms with Gasteiger partial charge in [-0.3, -0.25) is 8.37 Å². The zero-order valence-electron chi connectivity index (χ0n) is 10.9. The Balaban J connectivity index is 2.16. The third kappa shape index (κ3) is 4.35. The first-order chi connectivity index (χ1) is 9.16. The minimum Gasteiger partial charge on any atom is -0.367 e. The van der Waals surface area contributed by atoms with Crippen LogP contribution in [-0.4, -0.2) is 73.8 Å². The lowest BCUT2D eigenvalue weighted by atomic mass is 10.1. The Morgan fingerprint density at radius 2 is 1.45 bits per heavy atom. The number of hydrogen-bond donors (Lipinski definition) is 0. The van der Waals surface area contributed by atoms with Gasteiger partial charge >= 0.3 is 0 Å². The maximum absolute atomic E-state index is 11.3. The van der Waals surface area contributed by atoms with E-state index in [2.05, 4.69) is 0 Å². The average molecular weight is 332 g/mol. The fourth-order valence-corrected chi connectivity index (χ4v) is 3.28. The van der Waals surface area contributed by atoms with Crippen molar-refractivity contribution < 1.29 is 39.4 Å². The van der Waals surface area contributed by atoms with Gasteiger partial charge in [0.2, 0.25) is 0 Å². The summed E-state index contributed by atoms with van der Waals surface area (Å²) in [6.45, 7) is 0.544. The van der Waals surface area contributed by atoms with Crippen molar-refractivity contribution >= 4 is 20.2 Å². The number of ether oxygens (including phenoxy) is 3. The molecule has 0 aromatic carbocycles. The molecule has 9 nitrogen and oxygen atoms in total. The Morgan fingerprint density at radius 3 is 1.95 bits per heavy atom. The molecule has 0 aromatic heterocycles. The molecule has 0 saturated carbocycles. The predicted octanol–water partition coefficient (Wildman–Crippen LogP) is -1.55. The van der Waals surface area contributed by atoms with Gasteiger partial charge in [-0.15, -0.1) is 0 Å². The second-order valence-corrected chi connectivity index (χ2v) is 7.71. The van der Waals surface area contributed by atoms with Gasteiger partial charge in [0.05, 0.1) is 32.3 Å². The van der Waals surface area contributed by atoms with Crippen LogP contribution < -0.4 is 0 Å². The van der Waals surface area contributed by atoms with E-state index < -0.39 is 44.8 Å². The quantitative estimate of drug-likeness (QED) is 0.552. The molecular formula is C9H16O9S2. The molecule has 2 aliphatic heterocycles. The van der Waals surface area contributed by atoms with Crippen LogP contribution in [0.2, 0.25) is 0 Å². The summed E-state index contributed by atoms with van der Waals surface area (Å²) in [5, 5.41) is 0. The maximum Gasteiger partial charge on any atom is 0.264 e. The molecule has 2 saturated heterocycles. The lowest BCUT2D eigenvalue weighted by Crippen LogP contribution is -2.43. The Hall–Kier alpha value is -0.300. The minimum atomic E-state index is -3.82. The Bertz CT molecular complexity index is 534. The largest absolute Gasteiger partial charge is 0.367 e. The molecule has 3 atom stereocenters. The van der Waals surface area contributed by atoms with Gasteiger partial charge < -0.3 is 14.2 Å². The van der Waals surface area contributed by atoms with Crippen molar-refractivity contribution in [2.45, 2.75) is 24.6 Å². The molecule has 2 heterocycles. The van der Waals surface area contributed by atoms with Crippen molar-refractivity contribution in [3.05, 3.63) is 0 Å². The van der Waals surface area contributed by atoms with Gasteiger partial charge in [0.25, 0.3) is 20.2 Å². The summed E-state index contributed by atoms with van der Waals surface area (Å²) in [4.78, 5) is 0. The van der Waals surface area contributed by atoms with Crippen LogP contribution in [0.15, 0.2) is 0 Å². The Morgan fingerprint density at radius 1 is 0.900 bits per heavy atom. The van der Waals surface area contributed by atoms with E-state index in [9.17, 15) is 16.8 Å². The summed E-state index contributed by atoms with van der Waals surface area (Å²) in [5.74, 6) is 0. The highest BCUT2D eigenvalue weighted by Crippen LogP contribution is 2.28. The molecule has 0 radical (unpaired) electrons. The fraction of sp³-hybridized carbons (Fsp3) is 1.00. The first-order valence-electron chi connectivity index (χ1n) is 5.77. The molecule has 0 bridgehead atoms. The highest BCUT2D eigenvalue weighted by molar-refractivity contribution is 7.86. The topological polar surface area (TPSA) is 114 Å². The van der Waals surface area contributed by atoms with E-state index in [4.69, 9.17) is 22.6 Å². The zero-order valence-corrected chi connectivity index (χ0v) is 12.6. The molecule has 0 unspecified atom stereocenters. The summed E-state index contributed by atoms with van der Waals surface area (Å²) in [7, 11) is -7.60. The van der Waals surface area contributed by atoms with Gasteiger partial charge in [0.1, 0.15) is 18.3 Å². The zero-order chi connectivity index (χ0) is 15.0. The van der Waals surface area contributed by atoms with Gasteiger partial charge in [-0.25, -0.2) is 0 Å². The summed E-state index contributed by atoms with van der Waals surface area (Å²) >= 11 is 0. The number of hydrogen-bond acceptors (Lipinski definition) is 9. The van der Waals surface area contributed by atoms with Crippen LogP contribution in [0.4, 0.5) is 0 Å². The second kappa shape index (κ2) is 5.83. The third-order valence-electron chi connectivity index (χ3n) is 2.64. The van der Waals surface area contributed by atoms with Gasteiger partial charge in [-0.1, -0.05) is 0 Å². The Kier molecular flexibility index (Phi) is 4.69. The number of rotatable bonds is 5. The van der Waals surface area contributed by atoms with E-state index in [-0.39, 0.29) is 6.61 Å². The SMILES string of the molecule is CS(=O)(=O)O[C@@H]1[C@H](OS(C)(=O)=O)CO[C@H]1C1OCCO1. The minimum absolute atomic E-state index is 0.138. The van der Waals surface area contributed by atoms with Gasteiger partial charge in [0.15, 0.2) is 6.29 Å². The molecule has 0 N–H and O–H groups in total. The van der Waals surface area contributed by atoms with Crippen LogP contribution in [0, 0.1) is 0 Å². The van der Waals surface area contributed by atoms with Crippen LogP contribution in [0.5, 0.6) is 0 Å². The Labute approximate surface area is 117 Å². The maximum atomic E-state index is 11.3. The lowest BCUT2D eigenvalue weighted by Gasteiger charge is -2.24. The monoisotopic (exact) mass is 332 g/mol. The molecule has 118 valence electrons. The summed E-state index contributed by atoms with van der Waals surface area (Å²) < 4.78 is 70.4. The first kappa shape index (κ1) is 16.1. The predicted molar refractivity (Wildman–Crippen MR) is 64.9 cm³/mol. The highest BCUT2D eigenvalue weighted by atomic mass is 32.2. The normalized spacial score (nSPS) is 32.8. The molecule has 2 aliphatic rings. The van der Waals surface area contributed by atoms with Crippen molar-refractivity contribution in [1.29, 1.82) is 0 Å².